The molecule has 2 aromatic rings. The first-order valence-electron chi connectivity index (χ1n) is 15.6. The third kappa shape index (κ3) is 8.90. The fraction of sp³-hybridized carbons (Fsp3) is 0.600. The van der Waals surface area contributed by atoms with E-state index < -0.39 is 0 Å². The van der Waals surface area contributed by atoms with Crippen LogP contribution in [0.2, 0.25) is 0 Å². The number of para-hydroxylation sites is 1. The molecular formula is C35H55N3. The minimum atomic E-state index is 0.676. The van der Waals surface area contributed by atoms with Gasteiger partial charge in [0.2, 0.25) is 0 Å². The molecule has 5 rings (SSSR count). The Hall–Kier alpha value is -2.26. The number of likely N-dealkylation sites (tertiary alicyclic amines) is 1. The highest BCUT2D eigenvalue weighted by atomic mass is 15.1. The van der Waals surface area contributed by atoms with E-state index in [2.05, 4.69) is 72.8 Å². The van der Waals surface area contributed by atoms with Crippen molar-refractivity contribution in [3.8, 4) is 0 Å². The lowest BCUT2D eigenvalue weighted by atomic mass is 9.95. The molecule has 3 heteroatoms. The van der Waals surface area contributed by atoms with E-state index in [1.165, 1.54) is 98.8 Å². The molecule has 1 saturated heterocycles. The molecular weight excluding hydrogens is 462 g/mol. The SMILES string of the molecule is C=CN(Cc1cc(C)c2c(c1)CCCCC2)CC(C)C.CC.c1cc2c(c(CN3CCCCC3)c1)NCC2. The standard InChI is InChI=1S/C19H29N.C14H20N2.C2H6/c1-5-20(13-15(2)3)14-17-11-16(4)19-10-8-6-7-9-18(19)12-17;1-2-9-16(10-3-1)11-13-6-4-5-12-7-8-15-14(12)13;1-2/h5,11-12,15H,1,6-10,13-14H2,2-4H3;4-6,15H,1-3,7-11H2;1-2H3. The zero-order valence-electron chi connectivity index (χ0n) is 25.2. The second-order valence-electron chi connectivity index (χ2n) is 11.6. The van der Waals surface area contributed by atoms with Crippen LogP contribution in [0.3, 0.4) is 0 Å². The zero-order valence-corrected chi connectivity index (χ0v) is 25.2. The van der Waals surface area contributed by atoms with E-state index in [1.54, 1.807) is 11.1 Å². The molecule has 2 heterocycles. The summed E-state index contributed by atoms with van der Waals surface area (Å²) in [5, 5.41) is 3.53. The van der Waals surface area contributed by atoms with Gasteiger partial charge in [0.15, 0.2) is 0 Å². The molecule has 210 valence electrons. The van der Waals surface area contributed by atoms with Crippen molar-refractivity contribution in [1.82, 2.24) is 9.80 Å². The summed E-state index contributed by atoms with van der Waals surface area (Å²) >= 11 is 0. The monoisotopic (exact) mass is 517 g/mol. The van der Waals surface area contributed by atoms with Gasteiger partial charge in [0.05, 0.1) is 0 Å². The molecule has 1 fully saturated rings. The first-order valence-corrected chi connectivity index (χ1v) is 15.6. The minimum Gasteiger partial charge on any atom is -0.384 e. The third-order valence-corrected chi connectivity index (χ3v) is 8.02. The normalized spacial score (nSPS) is 16.6. The summed E-state index contributed by atoms with van der Waals surface area (Å²) in [4.78, 5) is 4.93. The van der Waals surface area contributed by atoms with Crippen LogP contribution in [0.15, 0.2) is 43.1 Å². The highest BCUT2D eigenvalue weighted by Crippen LogP contribution is 2.28. The van der Waals surface area contributed by atoms with Crippen molar-refractivity contribution in [1.29, 1.82) is 0 Å². The van der Waals surface area contributed by atoms with Crippen molar-refractivity contribution >= 4 is 5.69 Å². The molecule has 0 unspecified atom stereocenters. The molecule has 38 heavy (non-hydrogen) atoms. The van der Waals surface area contributed by atoms with Crippen LogP contribution in [0.1, 0.15) is 99.6 Å². The Morgan fingerprint density at radius 1 is 0.947 bits per heavy atom. The van der Waals surface area contributed by atoms with Gasteiger partial charge in [-0.1, -0.05) is 77.4 Å². The maximum absolute atomic E-state index is 3.96. The number of benzene rings is 2. The minimum absolute atomic E-state index is 0.676. The average Bonchev–Trinajstić information content (AvgIpc) is 3.29. The van der Waals surface area contributed by atoms with Gasteiger partial charge in [-0.05, 0) is 110 Å². The van der Waals surface area contributed by atoms with E-state index in [0.717, 1.165) is 26.2 Å². The van der Waals surface area contributed by atoms with Crippen molar-refractivity contribution in [2.24, 2.45) is 5.92 Å². The van der Waals surface area contributed by atoms with Crippen molar-refractivity contribution in [2.45, 2.75) is 105 Å². The molecule has 0 radical (unpaired) electrons. The Balaban J connectivity index is 0.000000201. The van der Waals surface area contributed by atoms with Crippen molar-refractivity contribution < 1.29 is 0 Å². The van der Waals surface area contributed by atoms with Gasteiger partial charge in [-0.25, -0.2) is 0 Å². The number of piperidine rings is 1. The maximum Gasteiger partial charge on any atom is 0.0424 e. The fourth-order valence-electron chi connectivity index (χ4n) is 6.25. The average molecular weight is 518 g/mol. The van der Waals surface area contributed by atoms with Crippen LogP contribution in [0.4, 0.5) is 5.69 Å². The lowest BCUT2D eigenvalue weighted by molar-refractivity contribution is 0.221. The molecule has 2 aromatic carbocycles. The number of rotatable bonds is 7. The van der Waals surface area contributed by atoms with E-state index in [0.29, 0.717) is 5.92 Å². The van der Waals surface area contributed by atoms with Crippen molar-refractivity contribution in [3.05, 3.63) is 76.5 Å². The summed E-state index contributed by atoms with van der Waals surface area (Å²) in [6.07, 6.45) is 14.0. The Kier molecular flexibility index (Phi) is 12.7. The quantitative estimate of drug-likeness (QED) is 0.371. The van der Waals surface area contributed by atoms with E-state index in [1.807, 2.05) is 20.0 Å². The highest BCUT2D eigenvalue weighted by molar-refractivity contribution is 5.61. The first kappa shape index (κ1) is 30.3. The molecule has 0 aromatic heterocycles. The molecule has 3 nitrogen and oxygen atoms in total. The van der Waals surface area contributed by atoms with Crippen molar-refractivity contribution in [2.75, 3.05) is 31.5 Å². The highest BCUT2D eigenvalue weighted by Gasteiger charge is 2.17. The molecule has 0 saturated carbocycles. The number of nitrogens with zero attached hydrogens (tertiary/aromatic N) is 2. The van der Waals surface area contributed by atoms with Crippen LogP contribution in [0.5, 0.6) is 0 Å². The Morgan fingerprint density at radius 3 is 2.42 bits per heavy atom. The van der Waals surface area contributed by atoms with E-state index in [4.69, 9.17) is 0 Å². The third-order valence-electron chi connectivity index (χ3n) is 8.02. The lowest BCUT2D eigenvalue weighted by Crippen LogP contribution is -2.29. The molecule has 3 aliphatic rings. The summed E-state index contributed by atoms with van der Waals surface area (Å²) in [5.74, 6) is 0.676. The second kappa shape index (κ2) is 16.0. The van der Waals surface area contributed by atoms with E-state index >= 15 is 0 Å². The van der Waals surface area contributed by atoms with Crippen LogP contribution < -0.4 is 5.32 Å². The molecule has 0 bridgehead atoms. The van der Waals surface area contributed by atoms with E-state index in [9.17, 15) is 0 Å². The molecule has 0 amide bonds. The fourth-order valence-corrected chi connectivity index (χ4v) is 6.25. The van der Waals surface area contributed by atoms with Gasteiger partial charge in [-0.3, -0.25) is 4.90 Å². The van der Waals surface area contributed by atoms with Gasteiger partial charge in [-0.15, -0.1) is 0 Å². The summed E-state index contributed by atoms with van der Waals surface area (Å²) in [6, 6.07) is 11.6. The molecule has 1 aliphatic carbocycles. The van der Waals surface area contributed by atoms with Gasteiger partial charge in [0.25, 0.3) is 0 Å². The molecule has 0 atom stereocenters. The summed E-state index contributed by atoms with van der Waals surface area (Å²) in [7, 11) is 0. The van der Waals surface area contributed by atoms with Crippen LogP contribution in [0.25, 0.3) is 0 Å². The zero-order chi connectivity index (χ0) is 27.3. The number of fused-ring (bicyclic) bond motifs is 2. The van der Waals surface area contributed by atoms with Crippen LogP contribution in [-0.2, 0) is 32.4 Å². The van der Waals surface area contributed by atoms with Gasteiger partial charge in [-0.2, -0.15) is 0 Å². The van der Waals surface area contributed by atoms with Crippen LogP contribution in [0, 0.1) is 12.8 Å². The number of anilines is 1. The summed E-state index contributed by atoms with van der Waals surface area (Å²) < 4.78 is 0. The van der Waals surface area contributed by atoms with E-state index in [-0.39, 0.29) is 0 Å². The number of hydrogen-bond acceptors (Lipinski definition) is 3. The predicted octanol–water partition coefficient (Wildman–Crippen LogP) is 8.53. The van der Waals surface area contributed by atoms with Gasteiger partial charge in [0, 0.05) is 31.9 Å². The second-order valence-corrected chi connectivity index (χ2v) is 11.6. The van der Waals surface area contributed by atoms with Gasteiger partial charge in [0.1, 0.15) is 0 Å². The molecule has 1 N–H and O–H groups in total. The Labute approximate surface area is 234 Å². The Bertz CT molecular complexity index is 987. The number of hydrogen-bond donors (Lipinski definition) is 1. The molecule has 2 aliphatic heterocycles. The first-order chi connectivity index (χ1) is 18.5. The topological polar surface area (TPSA) is 18.5 Å². The number of aryl methyl sites for hydroxylation is 2. The van der Waals surface area contributed by atoms with Crippen LogP contribution >= 0.6 is 0 Å². The smallest absolute Gasteiger partial charge is 0.0424 e. The predicted molar refractivity (Wildman–Crippen MR) is 167 cm³/mol. The summed E-state index contributed by atoms with van der Waals surface area (Å²) in [5.41, 5.74) is 10.6. The van der Waals surface area contributed by atoms with Gasteiger partial charge >= 0.3 is 0 Å². The van der Waals surface area contributed by atoms with Crippen LogP contribution in [-0.4, -0.2) is 36.0 Å². The lowest BCUT2D eigenvalue weighted by Gasteiger charge is -2.27. The molecule has 0 spiro atoms. The van der Waals surface area contributed by atoms with Gasteiger partial charge < -0.3 is 10.2 Å². The Morgan fingerprint density at radius 2 is 1.68 bits per heavy atom. The van der Waals surface area contributed by atoms with Crippen molar-refractivity contribution in [3.63, 3.8) is 0 Å². The number of nitrogens with one attached hydrogen (secondary N) is 1. The summed E-state index contributed by atoms with van der Waals surface area (Å²) in [6.45, 7) is 21.7. The maximum atomic E-state index is 3.96. The largest absolute Gasteiger partial charge is 0.384 e.